The van der Waals surface area contributed by atoms with Crippen LogP contribution in [0.1, 0.15) is 0 Å². The topological polar surface area (TPSA) is 40.5 Å². The van der Waals surface area contributed by atoms with Gasteiger partial charge in [-0.2, -0.15) is 0 Å². The van der Waals surface area contributed by atoms with Crippen LogP contribution in [0, 0.1) is 0 Å². The third-order valence-corrected chi connectivity index (χ3v) is 0. The van der Waals surface area contributed by atoms with Gasteiger partial charge in [-0.25, -0.2) is 0 Å². The molecular weight excluding hydrogens is 49.8 g/mol. The van der Waals surface area contributed by atoms with Gasteiger partial charge in [0.05, 0.1) is 0 Å². The SMILES string of the molecule is OBO.[Li]. The van der Waals surface area contributed by atoms with Crippen LogP contribution < -0.4 is 0 Å². The van der Waals surface area contributed by atoms with Gasteiger partial charge in [-0.3, -0.25) is 0 Å². The monoisotopic (exact) mass is 53.0 g/mol. The minimum Gasteiger partial charge on any atom is -0.430 e. The maximum atomic E-state index is 7.12. The first-order chi connectivity index (χ1) is 1.41. The van der Waals surface area contributed by atoms with Crippen molar-refractivity contribution in [3.05, 3.63) is 0 Å². The summed E-state index contributed by atoms with van der Waals surface area (Å²) in [7, 11) is -0.750. The maximum absolute atomic E-state index is 7.12. The molecule has 0 saturated carbocycles. The van der Waals surface area contributed by atoms with Crippen molar-refractivity contribution in [2.75, 3.05) is 0 Å². The third-order valence-electron chi connectivity index (χ3n) is 0. The largest absolute Gasteiger partial charge is 0.432 e. The average Bonchev–Trinajstić information content (AvgIpc) is 0.918. The van der Waals surface area contributed by atoms with Gasteiger partial charge in [0, 0.05) is 18.9 Å². The Morgan fingerprint density at radius 1 is 1.25 bits per heavy atom. The van der Waals surface area contributed by atoms with Gasteiger partial charge in [-0.05, 0) is 0 Å². The van der Waals surface area contributed by atoms with Crippen molar-refractivity contribution in [1.29, 1.82) is 0 Å². The molecule has 0 aromatic rings. The molecule has 4 heavy (non-hydrogen) atoms. The van der Waals surface area contributed by atoms with E-state index < -0.39 is 7.69 Å². The Balaban J connectivity index is 0. The second-order valence-electron chi connectivity index (χ2n) is 0.141. The summed E-state index contributed by atoms with van der Waals surface area (Å²) < 4.78 is 0. The average molecular weight is 52.8 g/mol. The van der Waals surface area contributed by atoms with Crippen LogP contribution in [0.2, 0.25) is 0 Å². The molecule has 0 rings (SSSR count). The molecule has 19 valence electrons. The Morgan fingerprint density at radius 3 is 1.25 bits per heavy atom. The van der Waals surface area contributed by atoms with Gasteiger partial charge in [-0.15, -0.1) is 0 Å². The van der Waals surface area contributed by atoms with Crippen LogP contribution in [0.4, 0.5) is 0 Å². The Hall–Kier alpha value is 0.582. The Labute approximate surface area is 37.3 Å². The van der Waals surface area contributed by atoms with E-state index in [9.17, 15) is 0 Å². The molecule has 0 heterocycles. The molecule has 0 fully saturated rings. The van der Waals surface area contributed by atoms with E-state index in [1.807, 2.05) is 0 Å². The molecule has 4 heteroatoms. The van der Waals surface area contributed by atoms with Crippen LogP contribution in [-0.2, 0) is 0 Å². The van der Waals surface area contributed by atoms with Gasteiger partial charge in [0.15, 0.2) is 0 Å². The van der Waals surface area contributed by atoms with Gasteiger partial charge >= 0.3 is 7.69 Å². The molecule has 0 atom stereocenters. The third kappa shape index (κ3) is 19.1. The normalized spacial score (nSPS) is 3.50. The van der Waals surface area contributed by atoms with E-state index in [0.29, 0.717) is 0 Å². The molecule has 0 aromatic carbocycles. The first-order valence-corrected chi connectivity index (χ1v) is 0.632. The van der Waals surface area contributed by atoms with E-state index in [1.165, 1.54) is 0 Å². The zero-order valence-corrected chi connectivity index (χ0v) is 2.60. The summed E-state index contributed by atoms with van der Waals surface area (Å²) >= 11 is 0. The van der Waals surface area contributed by atoms with E-state index in [4.69, 9.17) is 10.0 Å². The van der Waals surface area contributed by atoms with Crippen LogP contribution in [-0.4, -0.2) is 36.6 Å². The van der Waals surface area contributed by atoms with Crippen LogP contribution >= 0.6 is 0 Å². The smallest absolute Gasteiger partial charge is 0.430 e. The molecule has 0 bridgehead atoms. The van der Waals surface area contributed by atoms with E-state index in [0.717, 1.165) is 0 Å². The quantitative estimate of drug-likeness (QED) is 0.309. The second-order valence-corrected chi connectivity index (χ2v) is 0.141. The summed E-state index contributed by atoms with van der Waals surface area (Å²) in [5, 5.41) is 14.2. The summed E-state index contributed by atoms with van der Waals surface area (Å²) in [5.74, 6) is 0. The molecular formula is H3BLiO2. The number of hydrogen-bond donors (Lipinski definition) is 2. The van der Waals surface area contributed by atoms with E-state index in [-0.39, 0.29) is 18.9 Å². The molecule has 0 aliphatic rings. The van der Waals surface area contributed by atoms with E-state index >= 15 is 0 Å². The summed E-state index contributed by atoms with van der Waals surface area (Å²) in [6, 6.07) is 0. The van der Waals surface area contributed by atoms with Crippen LogP contribution in [0.3, 0.4) is 0 Å². The van der Waals surface area contributed by atoms with Gasteiger partial charge in [0.1, 0.15) is 0 Å². The van der Waals surface area contributed by atoms with Crippen LogP contribution in [0.15, 0.2) is 0 Å². The number of hydrogen-bond acceptors (Lipinski definition) is 2. The fraction of sp³-hybridized carbons (Fsp3) is 0. The Bertz CT molecular complexity index is 6.00. The van der Waals surface area contributed by atoms with E-state index in [2.05, 4.69) is 0 Å². The van der Waals surface area contributed by atoms with Crippen molar-refractivity contribution < 1.29 is 10.0 Å². The Kier molecular flexibility index (Phi) is 21.0. The second kappa shape index (κ2) is 9.54. The van der Waals surface area contributed by atoms with Crippen molar-refractivity contribution >= 4 is 26.5 Å². The van der Waals surface area contributed by atoms with Gasteiger partial charge in [-0.1, -0.05) is 0 Å². The van der Waals surface area contributed by atoms with Gasteiger partial charge in [0.25, 0.3) is 0 Å². The standard InChI is InChI=1S/BH3O2.Li/c2-1-3;/h1-3H;. The van der Waals surface area contributed by atoms with Crippen molar-refractivity contribution in [3.8, 4) is 0 Å². The molecule has 0 aliphatic heterocycles. The van der Waals surface area contributed by atoms with E-state index in [1.54, 1.807) is 0 Å². The fourth-order valence-electron chi connectivity index (χ4n) is 0. The molecule has 0 amide bonds. The van der Waals surface area contributed by atoms with Crippen molar-refractivity contribution in [2.45, 2.75) is 0 Å². The predicted octanol–water partition coefficient (Wildman–Crippen LogP) is -2.14. The summed E-state index contributed by atoms with van der Waals surface area (Å²) in [4.78, 5) is 0. The zero-order chi connectivity index (χ0) is 2.71. The minimum absolute atomic E-state index is 0. The molecule has 1 radical (unpaired) electrons. The number of rotatable bonds is 0. The van der Waals surface area contributed by atoms with Crippen LogP contribution in [0.25, 0.3) is 0 Å². The van der Waals surface area contributed by atoms with Crippen molar-refractivity contribution in [3.63, 3.8) is 0 Å². The summed E-state index contributed by atoms with van der Waals surface area (Å²) in [5.41, 5.74) is 0. The molecule has 0 saturated heterocycles. The predicted molar refractivity (Wildman–Crippen MR) is 17.3 cm³/mol. The molecule has 0 spiro atoms. The Morgan fingerprint density at radius 2 is 1.25 bits per heavy atom. The molecule has 0 unspecified atom stereocenters. The zero-order valence-electron chi connectivity index (χ0n) is 2.60. The van der Waals surface area contributed by atoms with Crippen molar-refractivity contribution in [1.82, 2.24) is 0 Å². The van der Waals surface area contributed by atoms with Gasteiger partial charge in [0.2, 0.25) is 0 Å². The summed E-state index contributed by atoms with van der Waals surface area (Å²) in [6.45, 7) is 0. The first-order valence-electron chi connectivity index (χ1n) is 0.632. The van der Waals surface area contributed by atoms with Crippen molar-refractivity contribution in [2.24, 2.45) is 0 Å². The molecule has 2 N–H and O–H groups in total. The summed E-state index contributed by atoms with van der Waals surface area (Å²) in [6.07, 6.45) is 0. The first kappa shape index (κ1) is 8.82. The van der Waals surface area contributed by atoms with Crippen LogP contribution in [0.5, 0.6) is 0 Å². The fourth-order valence-corrected chi connectivity index (χ4v) is 0. The molecule has 2 nitrogen and oxygen atoms in total. The maximum Gasteiger partial charge on any atom is 0.432 e. The minimum atomic E-state index is -0.750. The molecule has 0 aromatic heterocycles. The molecule has 0 aliphatic carbocycles. The van der Waals surface area contributed by atoms with Gasteiger partial charge < -0.3 is 10.0 Å².